The molecule has 1 saturated heterocycles. The number of furan rings is 1. The third-order valence-electron chi connectivity index (χ3n) is 5.39. The molecule has 2 aliphatic rings. The van der Waals surface area contributed by atoms with Gasteiger partial charge in [-0.25, -0.2) is 4.98 Å². The van der Waals surface area contributed by atoms with E-state index in [9.17, 15) is 9.59 Å². The van der Waals surface area contributed by atoms with E-state index in [1.807, 2.05) is 13.8 Å². The SMILES string of the molecule is Cc1oc2nc3c(c(NC(=O)CC4CNC(=O)C4)c2c1C)CCCC3. The molecule has 6 nitrogen and oxygen atoms in total. The predicted molar refractivity (Wildman–Crippen MR) is 94.5 cm³/mol. The summed E-state index contributed by atoms with van der Waals surface area (Å²) in [6.07, 6.45) is 4.87. The summed E-state index contributed by atoms with van der Waals surface area (Å²) in [6, 6.07) is 0. The fraction of sp³-hybridized carbons (Fsp3) is 0.526. The fourth-order valence-electron chi connectivity index (χ4n) is 3.94. The van der Waals surface area contributed by atoms with E-state index in [2.05, 4.69) is 10.6 Å². The van der Waals surface area contributed by atoms with Crippen molar-refractivity contribution in [2.45, 2.75) is 52.4 Å². The Hall–Kier alpha value is -2.37. The van der Waals surface area contributed by atoms with E-state index >= 15 is 0 Å². The number of anilines is 1. The molecular weight excluding hydrogens is 318 g/mol. The van der Waals surface area contributed by atoms with Gasteiger partial charge in [0.25, 0.3) is 0 Å². The molecule has 0 bridgehead atoms. The van der Waals surface area contributed by atoms with Crippen molar-refractivity contribution in [1.29, 1.82) is 0 Å². The van der Waals surface area contributed by atoms with E-state index in [1.54, 1.807) is 0 Å². The largest absolute Gasteiger partial charge is 0.443 e. The van der Waals surface area contributed by atoms with Gasteiger partial charge in [0.15, 0.2) is 0 Å². The number of carbonyl (C=O) groups excluding carboxylic acids is 2. The number of fused-ring (bicyclic) bond motifs is 2. The summed E-state index contributed by atoms with van der Waals surface area (Å²) in [6.45, 7) is 4.52. The number of amides is 2. The van der Waals surface area contributed by atoms with Crippen LogP contribution in [0.1, 0.15) is 48.3 Å². The monoisotopic (exact) mass is 341 g/mol. The maximum Gasteiger partial charge on any atom is 0.228 e. The lowest BCUT2D eigenvalue weighted by Crippen LogP contribution is -2.20. The van der Waals surface area contributed by atoms with Gasteiger partial charge in [-0.1, -0.05) is 0 Å². The van der Waals surface area contributed by atoms with E-state index in [0.29, 0.717) is 25.1 Å². The Kier molecular flexibility index (Phi) is 3.98. The van der Waals surface area contributed by atoms with Crippen LogP contribution in [0.2, 0.25) is 0 Å². The first-order valence-corrected chi connectivity index (χ1v) is 9.01. The second kappa shape index (κ2) is 6.17. The van der Waals surface area contributed by atoms with Crippen molar-refractivity contribution in [3.63, 3.8) is 0 Å². The fourth-order valence-corrected chi connectivity index (χ4v) is 3.94. The van der Waals surface area contributed by atoms with Gasteiger partial charge in [-0.05, 0) is 51.0 Å². The number of carbonyl (C=O) groups is 2. The minimum Gasteiger partial charge on any atom is -0.443 e. The number of aryl methyl sites for hydroxylation is 3. The molecule has 25 heavy (non-hydrogen) atoms. The van der Waals surface area contributed by atoms with Crippen LogP contribution >= 0.6 is 0 Å². The molecule has 4 rings (SSSR count). The average Bonchev–Trinajstić information content (AvgIpc) is 3.10. The smallest absolute Gasteiger partial charge is 0.228 e. The Morgan fingerprint density at radius 1 is 1.32 bits per heavy atom. The maximum absolute atomic E-state index is 12.6. The van der Waals surface area contributed by atoms with Crippen LogP contribution in [0.4, 0.5) is 5.69 Å². The molecule has 1 atom stereocenters. The zero-order valence-corrected chi connectivity index (χ0v) is 14.7. The molecule has 0 spiro atoms. The van der Waals surface area contributed by atoms with Crippen LogP contribution in [-0.2, 0) is 22.4 Å². The van der Waals surface area contributed by atoms with Crippen LogP contribution in [0.5, 0.6) is 0 Å². The van der Waals surface area contributed by atoms with E-state index < -0.39 is 0 Å². The minimum atomic E-state index is -0.0416. The van der Waals surface area contributed by atoms with Crippen LogP contribution in [0.3, 0.4) is 0 Å². The molecule has 2 aromatic heterocycles. The standard InChI is InChI=1S/C19H23N3O3/c1-10-11(2)25-19-17(10)18(13-5-3-4-6-14(13)21-19)22-16(24)8-12-7-15(23)20-9-12/h12H,3-9H2,1-2H3,(H,20,23)(H,21,22,24). The number of hydrogen-bond acceptors (Lipinski definition) is 4. The molecule has 0 saturated carbocycles. The van der Waals surface area contributed by atoms with Gasteiger partial charge < -0.3 is 15.1 Å². The quantitative estimate of drug-likeness (QED) is 0.899. The predicted octanol–water partition coefficient (Wildman–Crippen LogP) is 2.79. The average molecular weight is 341 g/mol. The molecule has 0 aromatic carbocycles. The van der Waals surface area contributed by atoms with Crippen LogP contribution < -0.4 is 10.6 Å². The van der Waals surface area contributed by atoms with Crippen molar-refractivity contribution in [3.05, 3.63) is 22.6 Å². The molecular formula is C19H23N3O3. The first kappa shape index (κ1) is 16.1. The Balaban J connectivity index is 1.69. The number of rotatable bonds is 3. The summed E-state index contributed by atoms with van der Waals surface area (Å²) in [7, 11) is 0. The summed E-state index contributed by atoms with van der Waals surface area (Å²) < 4.78 is 5.82. The van der Waals surface area contributed by atoms with Gasteiger partial charge in [-0.3, -0.25) is 9.59 Å². The minimum absolute atomic E-state index is 0.0304. The lowest BCUT2D eigenvalue weighted by Gasteiger charge is -2.20. The number of nitrogens with zero attached hydrogens (tertiary/aromatic N) is 1. The van der Waals surface area contributed by atoms with Gasteiger partial charge in [0.2, 0.25) is 17.5 Å². The van der Waals surface area contributed by atoms with Crippen molar-refractivity contribution in [2.75, 3.05) is 11.9 Å². The van der Waals surface area contributed by atoms with Crippen LogP contribution in [0.25, 0.3) is 11.1 Å². The highest BCUT2D eigenvalue weighted by atomic mass is 16.3. The van der Waals surface area contributed by atoms with Gasteiger partial charge in [0, 0.05) is 30.6 Å². The summed E-state index contributed by atoms with van der Waals surface area (Å²) in [5, 5.41) is 6.84. The summed E-state index contributed by atoms with van der Waals surface area (Å²) in [5.41, 5.74) is 4.71. The first-order chi connectivity index (χ1) is 12.0. The topological polar surface area (TPSA) is 84.2 Å². The normalized spacial score (nSPS) is 19.8. The van der Waals surface area contributed by atoms with Gasteiger partial charge in [0.05, 0.1) is 11.1 Å². The lowest BCUT2D eigenvalue weighted by atomic mass is 9.92. The Bertz CT molecular complexity index is 869. The zero-order chi connectivity index (χ0) is 17.6. The molecule has 1 fully saturated rings. The third kappa shape index (κ3) is 2.90. The van der Waals surface area contributed by atoms with Gasteiger partial charge >= 0.3 is 0 Å². The number of aromatic nitrogens is 1. The van der Waals surface area contributed by atoms with Crippen LogP contribution in [0.15, 0.2) is 4.42 Å². The highest BCUT2D eigenvalue weighted by molar-refractivity contribution is 6.03. The van der Waals surface area contributed by atoms with E-state index in [1.165, 1.54) is 0 Å². The second-order valence-corrected chi connectivity index (χ2v) is 7.21. The molecule has 1 unspecified atom stereocenters. The van der Waals surface area contributed by atoms with Crippen molar-refractivity contribution in [3.8, 4) is 0 Å². The molecule has 2 N–H and O–H groups in total. The summed E-state index contributed by atoms with van der Waals surface area (Å²) >= 11 is 0. The zero-order valence-electron chi connectivity index (χ0n) is 14.7. The molecule has 0 radical (unpaired) electrons. The van der Waals surface area contributed by atoms with Gasteiger partial charge in [-0.2, -0.15) is 0 Å². The molecule has 6 heteroatoms. The summed E-state index contributed by atoms with van der Waals surface area (Å²) in [4.78, 5) is 28.7. The molecule has 2 amide bonds. The Morgan fingerprint density at radius 2 is 2.12 bits per heavy atom. The van der Waals surface area contributed by atoms with E-state index in [0.717, 1.165) is 59.3 Å². The van der Waals surface area contributed by atoms with Gasteiger partial charge in [0.1, 0.15) is 5.76 Å². The Morgan fingerprint density at radius 3 is 2.88 bits per heavy atom. The van der Waals surface area contributed by atoms with Crippen molar-refractivity contribution in [2.24, 2.45) is 5.92 Å². The lowest BCUT2D eigenvalue weighted by molar-refractivity contribution is -0.119. The van der Waals surface area contributed by atoms with Crippen molar-refractivity contribution < 1.29 is 14.0 Å². The van der Waals surface area contributed by atoms with Crippen molar-refractivity contribution >= 4 is 28.6 Å². The summed E-state index contributed by atoms with van der Waals surface area (Å²) in [5.74, 6) is 0.904. The highest BCUT2D eigenvalue weighted by Gasteiger charge is 2.27. The first-order valence-electron chi connectivity index (χ1n) is 9.01. The van der Waals surface area contributed by atoms with Crippen LogP contribution in [0, 0.1) is 19.8 Å². The molecule has 2 aromatic rings. The highest BCUT2D eigenvalue weighted by Crippen LogP contribution is 2.37. The van der Waals surface area contributed by atoms with E-state index in [-0.39, 0.29) is 17.7 Å². The van der Waals surface area contributed by atoms with Crippen molar-refractivity contribution in [1.82, 2.24) is 10.3 Å². The van der Waals surface area contributed by atoms with Gasteiger partial charge in [-0.15, -0.1) is 0 Å². The molecule has 132 valence electrons. The number of nitrogens with one attached hydrogen (secondary N) is 2. The Labute approximate surface area is 146 Å². The number of hydrogen-bond donors (Lipinski definition) is 2. The molecule has 3 heterocycles. The number of pyridine rings is 1. The third-order valence-corrected chi connectivity index (χ3v) is 5.39. The maximum atomic E-state index is 12.6. The molecule has 1 aliphatic heterocycles. The second-order valence-electron chi connectivity index (χ2n) is 7.21. The van der Waals surface area contributed by atoms with Crippen LogP contribution in [-0.4, -0.2) is 23.3 Å². The van der Waals surface area contributed by atoms with E-state index in [4.69, 9.17) is 9.40 Å². The molecule has 1 aliphatic carbocycles.